The molecule has 5 aliphatic heterocycles. The smallest absolute Gasteiger partial charge is 0.311 e. The van der Waals surface area contributed by atoms with Gasteiger partial charge in [0.15, 0.2) is 16.3 Å². The van der Waals surface area contributed by atoms with Crippen molar-refractivity contribution in [2.45, 2.75) is 116 Å². The maximum atomic E-state index is 16.6. The number of fused-ring (bicyclic) bond motifs is 11. The van der Waals surface area contributed by atoms with Crippen LogP contribution < -0.4 is 4.31 Å². The van der Waals surface area contributed by atoms with Gasteiger partial charge in [-0.2, -0.15) is 0 Å². The summed E-state index contributed by atoms with van der Waals surface area (Å²) in [5, 5.41) is 0. The molecule has 6 aliphatic rings. The fraction of sp³-hybridized carbons (Fsp3) is 0.500. The summed E-state index contributed by atoms with van der Waals surface area (Å²) in [6.45, 7) is 8.20. The molecule has 8 atom stereocenters. The number of esters is 3. The predicted molar refractivity (Wildman–Crippen MR) is 274 cm³/mol. The maximum Gasteiger partial charge on any atom is 0.311 e. The number of carbonyl (C=O) groups is 7. The summed E-state index contributed by atoms with van der Waals surface area (Å²) in [5.41, 5.74) is -6.01. The van der Waals surface area contributed by atoms with Crippen molar-refractivity contribution in [1.82, 2.24) is 19.6 Å². The zero-order valence-electron chi connectivity index (χ0n) is 41.5. The van der Waals surface area contributed by atoms with Crippen molar-refractivity contribution in [1.29, 1.82) is 0 Å². The number of hydrogen-bond donors (Lipinski definition) is 0. The molecule has 4 fully saturated rings. The number of sulfonamides is 1. The number of para-hydroxylation sites is 1. The zero-order chi connectivity index (χ0) is 52.3. The van der Waals surface area contributed by atoms with Crippen LogP contribution in [-0.4, -0.2) is 136 Å². The first kappa shape index (κ1) is 52.0. The third kappa shape index (κ3) is 6.61. The molecule has 0 saturated carbocycles. The molecule has 1 aliphatic carbocycles. The summed E-state index contributed by atoms with van der Waals surface area (Å²) >= 11 is 0. The van der Waals surface area contributed by atoms with Crippen LogP contribution in [0.2, 0.25) is 0 Å². The third-order valence-corrected chi connectivity index (χ3v) is 21.9. The Morgan fingerprint density at radius 3 is 1.75 bits per heavy atom. The topological polar surface area (TPSA) is 198 Å². The number of piperazine rings is 2. The van der Waals surface area contributed by atoms with E-state index in [1.165, 1.54) is 72.7 Å². The van der Waals surface area contributed by atoms with Crippen molar-refractivity contribution in [2.24, 2.45) is 11.8 Å². The molecule has 9 rings (SSSR count). The van der Waals surface area contributed by atoms with Gasteiger partial charge in [-0.05, 0) is 53.8 Å². The molecule has 0 N–H and O–H groups in total. The number of benzene rings is 3. The van der Waals surface area contributed by atoms with Crippen molar-refractivity contribution in [3.63, 3.8) is 0 Å². The number of likely N-dealkylation sites (N-methyl/N-ethyl adjacent to an activating group) is 2. The molecule has 0 spiro atoms. The minimum atomic E-state index is -4.77. The van der Waals surface area contributed by atoms with E-state index in [-0.39, 0.29) is 36.3 Å². The summed E-state index contributed by atoms with van der Waals surface area (Å²) in [7, 11) is 2.62. The van der Waals surface area contributed by atoms with E-state index in [0.29, 0.717) is 11.1 Å². The number of hydrogen-bond acceptors (Lipinski definition) is 16. The molecule has 4 saturated heterocycles. The first-order chi connectivity index (χ1) is 34.0. The second-order valence-corrected chi connectivity index (χ2v) is 26.8. The lowest BCUT2D eigenvalue weighted by molar-refractivity contribution is -0.223. The van der Waals surface area contributed by atoms with Crippen LogP contribution in [-0.2, 0) is 75.0 Å². The Hall–Kier alpha value is -4.90. The highest BCUT2D eigenvalue weighted by Gasteiger charge is 2.87. The molecule has 17 nitrogen and oxygen atoms in total. The van der Waals surface area contributed by atoms with E-state index in [9.17, 15) is 14.4 Å². The van der Waals surface area contributed by atoms with Crippen LogP contribution in [0.25, 0.3) is 0 Å². The summed E-state index contributed by atoms with van der Waals surface area (Å²) in [6, 6.07) is 21.1. The van der Waals surface area contributed by atoms with Crippen LogP contribution in [0.15, 0.2) is 83.8 Å². The Balaban J connectivity index is 1.44. The fourth-order valence-corrected chi connectivity index (χ4v) is 19.2. The van der Waals surface area contributed by atoms with Crippen LogP contribution in [0.3, 0.4) is 0 Å². The van der Waals surface area contributed by atoms with Crippen LogP contribution >= 0.6 is 43.2 Å². The summed E-state index contributed by atoms with van der Waals surface area (Å²) in [4.78, 5) is 106. The lowest BCUT2D eigenvalue weighted by Gasteiger charge is -2.54. The van der Waals surface area contributed by atoms with Crippen molar-refractivity contribution < 1.29 is 56.2 Å². The van der Waals surface area contributed by atoms with Gasteiger partial charge in [-0.25, -0.2) is 12.7 Å². The number of amides is 4. The molecule has 384 valence electrons. The Labute approximate surface area is 435 Å². The van der Waals surface area contributed by atoms with Gasteiger partial charge in [-0.1, -0.05) is 138 Å². The fourth-order valence-electron chi connectivity index (χ4n) is 12.5. The molecular formula is C50H57N5O12S5. The van der Waals surface area contributed by atoms with Crippen LogP contribution in [0.1, 0.15) is 77.5 Å². The highest BCUT2D eigenvalue weighted by Crippen LogP contribution is 2.77. The monoisotopic (exact) mass is 1080 g/mol. The van der Waals surface area contributed by atoms with E-state index in [0.717, 1.165) is 28.2 Å². The van der Waals surface area contributed by atoms with Gasteiger partial charge in [0.05, 0.1) is 27.8 Å². The normalized spacial score (nSPS) is 31.4. The van der Waals surface area contributed by atoms with Gasteiger partial charge in [-0.3, -0.25) is 48.3 Å². The van der Waals surface area contributed by atoms with E-state index >= 15 is 27.6 Å². The second-order valence-electron chi connectivity index (χ2n) is 19.7. The minimum Gasteiger partial charge on any atom is -0.459 e. The Morgan fingerprint density at radius 2 is 1.18 bits per heavy atom. The second kappa shape index (κ2) is 17.9. The van der Waals surface area contributed by atoms with E-state index in [2.05, 4.69) is 0 Å². The maximum absolute atomic E-state index is 16.6. The van der Waals surface area contributed by atoms with Gasteiger partial charge >= 0.3 is 23.6 Å². The molecular weight excluding hydrogens is 1020 g/mol. The molecule has 22 heteroatoms. The van der Waals surface area contributed by atoms with Crippen molar-refractivity contribution in [2.75, 3.05) is 37.5 Å². The molecule has 5 heterocycles. The SMILES string of the molecule is CC[C@@]1(OC(=O)C(C)C)C(=O)N2[C@H]3Cc4ccccc4[C@@]3([C@]34C[C@]5(SSC)C(=O)N(C)[C@](COC(C)=O)(OC(=O)C(C)C)C(=O)N5[C@H]3N(S(=O)(=O)c3ccccc3)c3ccccc34)C[C@]2(SSC)C(=O)N1C. The highest BCUT2D eigenvalue weighted by atomic mass is 33.1. The van der Waals surface area contributed by atoms with Gasteiger partial charge in [-0.15, -0.1) is 0 Å². The van der Waals surface area contributed by atoms with Gasteiger partial charge < -0.3 is 19.1 Å². The third-order valence-electron chi connectivity index (χ3n) is 15.6. The van der Waals surface area contributed by atoms with Gasteiger partial charge in [0, 0.05) is 51.7 Å². The predicted octanol–water partition coefficient (Wildman–Crippen LogP) is 5.91. The van der Waals surface area contributed by atoms with E-state index in [1.807, 2.05) is 24.3 Å². The summed E-state index contributed by atoms with van der Waals surface area (Å²) < 4.78 is 51.2. The van der Waals surface area contributed by atoms with Crippen LogP contribution in [0.4, 0.5) is 5.69 Å². The lowest BCUT2D eigenvalue weighted by Crippen LogP contribution is -2.78. The molecule has 0 bridgehead atoms. The number of ether oxygens (including phenoxy) is 3. The average Bonchev–Trinajstić information content (AvgIpc) is 4.03. The van der Waals surface area contributed by atoms with Crippen molar-refractivity contribution in [3.8, 4) is 0 Å². The molecule has 3 aromatic rings. The average molecular weight is 1080 g/mol. The van der Waals surface area contributed by atoms with E-state index in [4.69, 9.17) is 14.2 Å². The summed E-state index contributed by atoms with van der Waals surface area (Å²) in [5.74, 6) is -6.92. The molecule has 0 aromatic heterocycles. The number of anilines is 1. The van der Waals surface area contributed by atoms with Gasteiger partial charge in [0.1, 0.15) is 6.17 Å². The highest BCUT2D eigenvalue weighted by molar-refractivity contribution is 8.77. The van der Waals surface area contributed by atoms with Crippen LogP contribution in [0.5, 0.6) is 0 Å². The Kier molecular flexibility index (Phi) is 12.9. The van der Waals surface area contributed by atoms with Crippen LogP contribution in [0, 0.1) is 11.8 Å². The minimum absolute atomic E-state index is 0.106. The number of nitrogens with zero attached hydrogens (tertiary/aromatic N) is 5. The molecule has 0 unspecified atom stereocenters. The van der Waals surface area contributed by atoms with Gasteiger partial charge in [0.25, 0.3) is 39.4 Å². The first-order valence-electron chi connectivity index (χ1n) is 23.6. The molecule has 0 radical (unpaired) electrons. The lowest BCUT2D eigenvalue weighted by atomic mass is 9.53. The van der Waals surface area contributed by atoms with Crippen molar-refractivity contribution >= 4 is 100 Å². The molecule has 3 aromatic carbocycles. The van der Waals surface area contributed by atoms with Crippen molar-refractivity contribution in [3.05, 3.63) is 95.6 Å². The standard InChI is InChI=1S/C50H57N5O12S5/c1-11-47(66-38(57)29(2)3)41(59)53-37-25-32-19-15-16-22-34(32)45(37,26-49(53,70-68-9)43(61)51(47)7)46-27-50(71-69-10)44(62)52(8)48(28-65-31(6)56,67-39(58)30(4)5)42(60)54(50)40(46)55(36-24-18-17-23-35(36)46)72(63,64)33-20-13-12-14-21-33/h12-24,29-30,37,40H,11,25-28H2,1-10H3/t37-,40-,45-,46-,47+,48+,49-,50-/m0/s1. The zero-order valence-corrected chi connectivity index (χ0v) is 45.6. The first-order valence-corrected chi connectivity index (χ1v) is 30.1. The Bertz CT molecular complexity index is 2930. The van der Waals surface area contributed by atoms with Gasteiger partial charge in [0.2, 0.25) is 0 Å². The number of rotatable bonds is 14. The quantitative estimate of drug-likeness (QED) is 0.105. The number of carbonyl (C=O) groups excluding carboxylic acids is 7. The molecule has 4 amide bonds. The van der Waals surface area contributed by atoms with E-state index in [1.54, 1.807) is 94.5 Å². The Morgan fingerprint density at radius 1 is 0.681 bits per heavy atom. The molecule has 72 heavy (non-hydrogen) atoms. The van der Waals surface area contributed by atoms with E-state index < -0.39 is 114 Å². The largest absolute Gasteiger partial charge is 0.459 e. The summed E-state index contributed by atoms with van der Waals surface area (Å²) in [6.07, 6.45) is 1.40.